The van der Waals surface area contributed by atoms with Gasteiger partial charge in [-0.2, -0.15) is 0 Å². The lowest BCUT2D eigenvalue weighted by Crippen LogP contribution is -2.35. The first-order valence-corrected chi connectivity index (χ1v) is 10.1. The maximum atomic E-state index is 12.6. The highest BCUT2D eigenvalue weighted by Gasteiger charge is 2.21. The van der Waals surface area contributed by atoms with Gasteiger partial charge in [-0.05, 0) is 62.3 Å². The fourth-order valence-electron chi connectivity index (χ4n) is 4.08. The summed E-state index contributed by atoms with van der Waals surface area (Å²) in [6, 6.07) is 5.96. The van der Waals surface area contributed by atoms with E-state index in [2.05, 4.69) is 11.1 Å². The third kappa shape index (κ3) is 4.71. The van der Waals surface area contributed by atoms with E-state index in [1.165, 1.54) is 19.3 Å². The molecule has 1 aromatic heterocycles. The number of nitrogens with zero attached hydrogens (tertiary/aromatic N) is 1. The fraction of sp³-hybridized carbons (Fsp3) is 0.545. The first-order valence-electron chi connectivity index (χ1n) is 10.1. The fourth-order valence-corrected chi connectivity index (χ4v) is 4.08. The maximum Gasteiger partial charge on any atom is 0.331 e. The van der Waals surface area contributed by atoms with Crippen LogP contribution in [0, 0.1) is 19.8 Å². The Morgan fingerprint density at radius 2 is 1.74 bits per heavy atom. The van der Waals surface area contributed by atoms with Crippen LogP contribution >= 0.6 is 0 Å². The van der Waals surface area contributed by atoms with E-state index in [0.717, 1.165) is 30.4 Å². The van der Waals surface area contributed by atoms with Crippen molar-refractivity contribution in [3.05, 3.63) is 55.7 Å². The van der Waals surface area contributed by atoms with Gasteiger partial charge in [-0.15, -0.1) is 0 Å². The summed E-state index contributed by atoms with van der Waals surface area (Å²) < 4.78 is 7.85. The van der Waals surface area contributed by atoms with Crippen LogP contribution in [0.1, 0.15) is 62.1 Å². The average Bonchev–Trinajstić information content (AvgIpc) is 2.61. The molecular formula is C22H30N2O3. The number of aromatic nitrogens is 2. The molecule has 0 unspecified atom stereocenters. The van der Waals surface area contributed by atoms with Crippen LogP contribution in [0.2, 0.25) is 0 Å². The third-order valence-corrected chi connectivity index (χ3v) is 5.32. The Bertz CT molecular complexity index is 884. The Balaban J connectivity index is 2.06. The van der Waals surface area contributed by atoms with Crippen molar-refractivity contribution in [2.24, 2.45) is 5.92 Å². The van der Waals surface area contributed by atoms with Crippen LogP contribution in [0.4, 0.5) is 0 Å². The van der Waals surface area contributed by atoms with Crippen molar-refractivity contribution in [1.82, 2.24) is 9.55 Å². The molecule has 3 rings (SSSR count). The van der Waals surface area contributed by atoms with E-state index in [0.29, 0.717) is 36.1 Å². The van der Waals surface area contributed by atoms with Crippen LogP contribution < -0.4 is 16.0 Å². The van der Waals surface area contributed by atoms with E-state index >= 15 is 0 Å². The molecule has 1 fully saturated rings. The van der Waals surface area contributed by atoms with Crippen molar-refractivity contribution in [2.75, 3.05) is 0 Å². The molecule has 0 spiro atoms. The lowest BCUT2D eigenvalue weighted by molar-refractivity contribution is 0.294. The van der Waals surface area contributed by atoms with Crippen LogP contribution in [-0.2, 0) is 13.0 Å². The summed E-state index contributed by atoms with van der Waals surface area (Å²) in [5.74, 6) is 1.55. The average molecular weight is 370 g/mol. The molecular weight excluding hydrogens is 340 g/mol. The number of H-pyrrole nitrogens is 1. The minimum Gasteiger partial charge on any atom is -0.440 e. The van der Waals surface area contributed by atoms with E-state index in [-0.39, 0.29) is 11.2 Å². The number of nitrogens with one attached hydrogen (secondary N) is 1. The van der Waals surface area contributed by atoms with Crippen molar-refractivity contribution < 1.29 is 4.74 Å². The third-order valence-electron chi connectivity index (χ3n) is 5.32. The zero-order valence-electron chi connectivity index (χ0n) is 16.6. The number of hydrogen-bond acceptors (Lipinski definition) is 3. The zero-order valence-corrected chi connectivity index (χ0v) is 16.6. The monoisotopic (exact) mass is 370 g/mol. The SMILES string of the molecule is CCCc1c(Oc2cc(C)cc(C)c2)n(CC2CCCCC2)c(=O)[nH]c1=O. The van der Waals surface area contributed by atoms with Crippen LogP contribution in [0.5, 0.6) is 11.6 Å². The van der Waals surface area contributed by atoms with Crippen LogP contribution in [0.15, 0.2) is 27.8 Å². The molecule has 1 N–H and O–H groups in total. The second-order valence-electron chi connectivity index (χ2n) is 7.83. The normalized spacial score (nSPS) is 15.1. The quantitative estimate of drug-likeness (QED) is 0.815. The lowest BCUT2D eigenvalue weighted by atomic mass is 9.89. The van der Waals surface area contributed by atoms with Crippen LogP contribution in [-0.4, -0.2) is 9.55 Å². The van der Waals surface area contributed by atoms with Crippen molar-refractivity contribution in [3.8, 4) is 11.6 Å². The highest BCUT2D eigenvalue weighted by atomic mass is 16.5. The molecule has 146 valence electrons. The highest BCUT2D eigenvalue weighted by Crippen LogP contribution is 2.29. The molecule has 0 aliphatic heterocycles. The van der Waals surface area contributed by atoms with E-state index in [1.54, 1.807) is 4.57 Å². The predicted octanol–water partition coefficient (Wildman–Crippen LogP) is 4.48. The molecule has 0 saturated heterocycles. The lowest BCUT2D eigenvalue weighted by Gasteiger charge is -2.24. The minimum absolute atomic E-state index is 0.332. The Hall–Kier alpha value is -2.30. The number of rotatable bonds is 6. The topological polar surface area (TPSA) is 64.1 Å². The molecule has 0 atom stereocenters. The van der Waals surface area contributed by atoms with Gasteiger partial charge in [-0.1, -0.05) is 38.7 Å². The molecule has 2 aromatic rings. The van der Waals surface area contributed by atoms with Gasteiger partial charge in [-0.3, -0.25) is 14.3 Å². The smallest absolute Gasteiger partial charge is 0.331 e. The van der Waals surface area contributed by atoms with Gasteiger partial charge in [0, 0.05) is 6.54 Å². The summed E-state index contributed by atoms with van der Waals surface area (Å²) in [7, 11) is 0. The Morgan fingerprint density at radius 1 is 1.07 bits per heavy atom. The first kappa shape index (κ1) is 19.5. The summed E-state index contributed by atoms with van der Waals surface area (Å²) in [5, 5.41) is 0. The zero-order chi connectivity index (χ0) is 19.4. The molecule has 5 nitrogen and oxygen atoms in total. The Kier molecular flexibility index (Phi) is 6.19. The van der Waals surface area contributed by atoms with Gasteiger partial charge < -0.3 is 4.74 Å². The molecule has 0 bridgehead atoms. The van der Waals surface area contributed by atoms with Gasteiger partial charge in [0.2, 0.25) is 5.88 Å². The van der Waals surface area contributed by atoms with E-state index in [9.17, 15) is 9.59 Å². The molecule has 1 aliphatic rings. The van der Waals surface area contributed by atoms with Crippen molar-refractivity contribution >= 4 is 0 Å². The van der Waals surface area contributed by atoms with Gasteiger partial charge in [0.05, 0.1) is 5.56 Å². The van der Waals surface area contributed by atoms with Crippen molar-refractivity contribution in [1.29, 1.82) is 0 Å². The van der Waals surface area contributed by atoms with Crippen molar-refractivity contribution in [3.63, 3.8) is 0 Å². The Labute approximate surface area is 160 Å². The molecule has 0 amide bonds. The largest absolute Gasteiger partial charge is 0.440 e. The second kappa shape index (κ2) is 8.59. The second-order valence-corrected chi connectivity index (χ2v) is 7.83. The Morgan fingerprint density at radius 3 is 2.37 bits per heavy atom. The first-order chi connectivity index (χ1) is 13.0. The van der Waals surface area contributed by atoms with Gasteiger partial charge >= 0.3 is 5.69 Å². The molecule has 0 radical (unpaired) electrons. The van der Waals surface area contributed by atoms with Gasteiger partial charge in [0.15, 0.2) is 0 Å². The number of benzene rings is 1. The predicted molar refractivity (Wildman–Crippen MR) is 108 cm³/mol. The van der Waals surface area contributed by atoms with Gasteiger partial charge in [0.1, 0.15) is 5.75 Å². The van der Waals surface area contributed by atoms with Gasteiger partial charge in [0.25, 0.3) is 5.56 Å². The number of aryl methyl sites for hydroxylation is 2. The number of aromatic amines is 1. The van der Waals surface area contributed by atoms with E-state index < -0.39 is 0 Å². The van der Waals surface area contributed by atoms with E-state index in [1.807, 2.05) is 32.9 Å². The van der Waals surface area contributed by atoms with E-state index in [4.69, 9.17) is 4.74 Å². The van der Waals surface area contributed by atoms with Crippen LogP contribution in [0.3, 0.4) is 0 Å². The molecule has 1 aliphatic carbocycles. The minimum atomic E-state index is -0.371. The summed E-state index contributed by atoms with van der Waals surface area (Å²) >= 11 is 0. The number of ether oxygens (including phenoxy) is 1. The molecule has 1 aromatic carbocycles. The molecule has 1 heterocycles. The molecule has 27 heavy (non-hydrogen) atoms. The van der Waals surface area contributed by atoms with Gasteiger partial charge in [-0.25, -0.2) is 4.79 Å². The van der Waals surface area contributed by atoms with Crippen LogP contribution in [0.25, 0.3) is 0 Å². The molecule has 1 saturated carbocycles. The van der Waals surface area contributed by atoms with Crippen molar-refractivity contribution in [2.45, 2.75) is 72.3 Å². The summed E-state index contributed by atoms with van der Waals surface area (Å²) in [6.07, 6.45) is 7.32. The maximum absolute atomic E-state index is 12.6. The molecule has 5 heteroatoms. The summed E-state index contributed by atoms with van der Waals surface area (Å²) in [5.41, 5.74) is 2.04. The number of hydrogen-bond donors (Lipinski definition) is 1. The highest BCUT2D eigenvalue weighted by molar-refractivity contribution is 5.37. The summed E-state index contributed by atoms with van der Waals surface area (Å²) in [4.78, 5) is 27.6. The standard InChI is InChI=1S/C22H30N2O3/c1-4-8-19-20(25)23-22(26)24(14-17-9-6-5-7-10-17)21(19)27-18-12-15(2)11-16(3)13-18/h11-13,17H,4-10,14H2,1-3H3,(H,23,25,26). The summed E-state index contributed by atoms with van der Waals surface area (Å²) in [6.45, 7) is 6.66.